The summed E-state index contributed by atoms with van der Waals surface area (Å²) in [5.74, 6) is 0.163. The van der Waals surface area contributed by atoms with Gasteiger partial charge in [0.15, 0.2) is 5.78 Å². The molecule has 1 unspecified atom stereocenters. The zero-order valence-corrected chi connectivity index (χ0v) is 12.2. The SMILES string of the molecule is CCCC(=O)C(OCC)c1ccc(Br)c(C)c1. The van der Waals surface area contributed by atoms with E-state index in [0.29, 0.717) is 13.0 Å². The van der Waals surface area contributed by atoms with Gasteiger partial charge in [-0.1, -0.05) is 35.0 Å². The molecule has 1 rings (SSSR count). The largest absolute Gasteiger partial charge is 0.366 e. The molecule has 0 heterocycles. The minimum atomic E-state index is -0.410. The number of carbonyl (C=O) groups excluding carboxylic acids is 1. The molecule has 3 heteroatoms. The zero-order chi connectivity index (χ0) is 12.8. The molecule has 0 radical (unpaired) electrons. The van der Waals surface area contributed by atoms with Crippen molar-refractivity contribution < 1.29 is 9.53 Å². The van der Waals surface area contributed by atoms with Gasteiger partial charge in [0, 0.05) is 17.5 Å². The Hall–Kier alpha value is -0.670. The van der Waals surface area contributed by atoms with Gasteiger partial charge in [0.25, 0.3) is 0 Å². The second-order valence-electron chi connectivity index (χ2n) is 4.06. The Bertz CT molecular complexity index is 388. The van der Waals surface area contributed by atoms with Crippen molar-refractivity contribution in [3.05, 3.63) is 33.8 Å². The zero-order valence-electron chi connectivity index (χ0n) is 10.6. The van der Waals surface area contributed by atoms with Crippen LogP contribution in [0.25, 0.3) is 0 Å². The Balaban J connectivity index is 2.96. The molecule has 1 atom stereocenters. The predicted molar refractivity (Wildman–Crippen MR) is 73.2 cm³/mol. The van der Waals surface area contributed by atoms with Crippen molar-refractivity contribution in [3.8, 4) is 0 Å². The van der Waals surface area contributed by atoms with E-state index >= 15 is 0 Å². The van der Waals surface area contributed by atoms with E-state index in [1.807, 2.05) is 39.0 Å². The molecule has 1 aromatic rings. The number of aryl methyl sites for hydroxylation is 1. The Morgan fingerprint density at radius 1 is 1.41 bits per heavy atom. The Morgan fingerprint density at radius 2 is 2.12 bits per heavy atom. The fourth-order valence-corrected chi connectivity index (χ4v) is 2.00. The van der Waals surface area contributed by atoms with Crippen LogP contribution >= 0.6 is 15.9 Å². The second-order valence-corrected chi connectivity index (χ2v) is 4.91. The van der Waals surface area contributed by atoms with E-state index in [-0.39, 0.29) is 5.78 Å². The van der Waals surface area contributed by atoms with Crippen LogP contribution in [-0.2, 0) is 9.53 Å². The van der Waals surface area contributed by atoms with Crippen LogP contribution < -0.4 is 0 Å². The van der Waals surface area contributed by atoms with Gasteiger partial charge < -0.3 is 4.74 Å². The summed E-state index contributed by atoms with van der Waals surface area (Å²) in [6, 6.07) is 5.93. The van der Waals surface area contributed by atoms with Crippen LogP contribution in [0.4, 0.5) is 0 Å². The second kappa shape index (κ2) is 6.92. The van der Waals surface area contributed by atoms with Crippen LogP contribution in [0.1, 0.15) is 43.9 Å². The highest BCUT2D eigenvalue weighted by Gasteiger charge is 2.20. The van der Waals surface area contributed by atoms with Crippen LogP contribution in [0.5, 0.6) is 0 Å². The van der Waals surface area contributed by atoms with E-state index < -0.39 is 6.10 Å². The topological polar surface area (TPSA) is 26.3 Å². The number of hydrogen-bond donors (Lipinski definition) is 0. The van der Waals surface area contributed by atoms with Gasteiger partial charge in [-0.15, -0.1) is 0 Å². The number of hydrogen-bond acceptors (Lipinski definition) is 2. The first-order valence-corrected chi connectivity index (χ1v) is 6.79. The Labute approximate surface area is 111 Å². The summed E-state index contributed by atoms with van der Waals surface area (Å²) in [5, 5.41) is 0. The normalized spacial score (nSPS) is 12.5. The van der Waals surface area contributed by atoms with E-state index in [1.54, 1.807) is 0 Å². The van der Waals surface area contributed by atoms with Gasteiger partial charge in [0.1, 0.15) is 6.10 Å². The monoisotopic (exact) mass is 298 g/mol. The maximum absolute atomic E-state index is 12.0. The third-order valence-corrected chi connectivity index (χ3v) is 3.50. The summed E-state index contributed by atoms with van der Waals surface area (Å²) >= 11 is 3.46. The average Bonchev–Trinajstić information content (AvgIpc) is 2.30. The van der Waals surface area contributed by atoms with E-state index in [4.69, 9.17) is 4.74 Å². The maximum Gasteiger partial charge on any atom is 0.166 e. The van der Waals surface area contributed by atoms with Crippen LogP contribution in [0.2, 0.25) is 0 Å². The molecule has 0 aliphatic heterocycles. The molecular formula is C14H19BrO2. The van der Waals surface area contributed by atoms with Crippen LogP contribution in [0, 0.1) is 6.92 Å². The van der Waals surface area contributed by atoms with Crippen LogP contribution in [0.3, 0.4) is 0 Å². The van der Waals surface area contributed by atoms with Gasteiger partial charge >= 0.3 is 0 Å². The first-order valence-electron chi connectivity index (χ1n) is 6.00. The van der Waals surface area contributed by atoms with Crippen molar-refractivity contribution in [1.29, 1.82) is 0 Å². The molecule has 0 saturated heterocycles. The van der Waals surface area contributed by atoms with Gasteiger partial charge in [-0.25, -0.2) is 0 Å². The summed E-state index contributed by atoms with van der Waals surface area (Å²) in [4.78, 5) is 12.0. The fraction of sp³-hybridized carbons (Fsp3) is 0.500. The number of carbonyl (C=O) groups is 1. The number of ether oxygens (including phenoxy) is 1. The van der Waals surface area contributed by atoms with Crippen LogP contribution in [-0.4, -0.2) is 12.4 Å². The summed E-state index contributed by atoms with van der Waals surface area (Å²) in [6.07, 6.45) is 1.02. The molecule has 0 aliphatic carbocycles. The van der Waals surface area contributed by atoms with Crippen molar-refractivity contribution >= 4 is 21.7 Å². The lowest BCUT2D eigenvalue weighted by molar-refractivity contribution is -0.130. The molecule has 0 amide bonds. The number of ketones is 1. The van der Waals surface area contributed by atoms with Gasteiger partial charge in [-0.3, -0.25) is 4.79 Å². The molecule has 0 saturated carbocycles. The third kappa shape index (κ3) is 3.93. The number of benzene rings is 1. The Kier molecular flexibility index (Phi) is 5.86. The minimum absolute atomic E-state index is 0.163. The molecule has 0 spiro atoms. The van der Waals surface area contributed by atoms with E-state index in [0.717, 1.165) is 22.0 Å². The third-order valence-electron chi connectivity index (χ3n) is 2.61. The highest BCUT2D eigenvalue weighted by molar-refractivity contribution is 9.10. The molecule has 1 aromatic carbocycles. The standard InChI is InChI=1S/C14H19BrO2/c1-4-6-13(16)14(17-5-2)11-7-8-12(15)10(3)9-11/h7-9,14H,4-6H2,1-3H3. The highest BCUT2D eigenvalue weighted by atomic mass is 79.9. The van der Waals surface area contributed by atoms with Gasteiger partial charge in [0.05, 0.1) is 0 Å². The lowest BCUT2D eigenvalue weighted by Crippen LogP contribution is -2.16. The fourth-order valence-electron chi connectivity index (χ4n) is 1.75. The smallest absolute Gasteiger partial charge is 0.166 e. The first kappa shape index (κ1) is 14.4. The number of rotatable bonds is 6. The summed E-state index contributed by atoms with van der Waals surface area (Å²) in [6.45, 7) is 6.49. The van der Waals surface area contributed by atoms with Gasteiger partial charge in [-0.05, 0) is 37.5 Å². The first-order chi connectivity index (χ1) is 8.10. The molecule has 94 valence electrons. The minimum Gasteiger partial charge on any atom is -0.366 e. The molecule has 2 nitrogen and oxygen atoms in total. The molecule has 0 aliphatic rings. The molecule has 0 N–H and O–H groups in total. The molecule has 0 bridgehead atoms. The van der Waals surface area contributed by atoms with Crippen LogP contribution in [0.15, 0.2) is 22.7 Å². The van der Waals surface area contributed by atoms with E-state index in [1.165, 1.54) is 0 Å². The van der Waals surface area contributed by atoms with Crippen molar-refractivity contribution in [2.24, 2.45) is 0 Å². The number of Topliss-reactive ketones (excluding diaryl/α,β-unsaturated/α-hetero) is 1. The van der Waals surface area contributed by atoms with Crippen molar-refractivity contribution in [2.75, 3.05) is 6.61 Å². The summed E-state index contributed by atoms with van der Waals surface area (Å²) < 4.78 is 6.63. The quantitative estimate of drug-likeness (QED) is 0.786. The maximum atomic E-state index is 12.0. The molecular weight excluding hydrogens is 280 g/mol. The van der Waals surface area contributed by atoms with E-state index in [9.17, 15) is 4.79 Å². The van der Waals surface area contributed by atoms with E-state index in [2.05, 4.69) is 15.9 Å². The lowest BCUT2D eigenvalue weighted by Gasteiger charge is -2.17. The van der Waals surface area contributed by atoms with Gasteiger partial charge in [-0.2, -0.15) is 0 Å². The summed E-state index contributed by atoms with van der Waals surface area (Å²) in [7, 11) is 0. The molecule has 17 heavy (non-hydrogen) atoms. The predicted octanol–water partition coefficient (Wildman–Crippen LogP) is 4.20. The highest BCUT2D eigenvalue weighted by Crippen LogP contribution is 2.25. The number of halogens is 1. The average molecular weight is 299 g/mol. The Morgan fingerprint density at radius 3 is 2.65 bits per heavy atom. The molecule has 0 aromatic heterocycles. The van der Waals surface area contributed by atoms with Crippen molar-refractivity contribution in [3.63, 3.8) is 0 Å². The lowest BCUT2D eigenvalue weighted by atomic mass is 10.0. The van der Waals surface area contributed by atoms with Crippen molar-refractivity contribution in [1.82, 2.24) is 0 Å². The van der Waals surface area contributed by atoms with Gasteiger partial charge in [0.2, 0.25) is 0 Å². The van der Waals surface area contributed by atoms with Crippen molar-refractivity contribution in [2.45, 2.75) is 39.7 Å². The molecule has 0 fully saturated rings. The summed E-state index contributed by atoms with van der Waals surface area (Å²) in [5.41, 5.74) is 2.07.